The summed E-state index contributed by atoms with van der Waals surface area (Å²) in [6.45, 7) is 4.17. The zero-order chi connectivity index (χ0) is 20.5. The third kappa shape index (κ3) is 3.87. The van der Waals surface area contributed by atoms with E-state index >= 15 is 0 Å². The Morgan fingerprint density at radius 3 is 2.62 bits per heavy atom. The molecule has 152 valence electrons. The standard InChI is InChI=1S/C22H24N2O4S/c1-13-9-18(14(2)24(13)17-6-7-17)22(25)28-11-16-12-29-21(23-16)15-5-8-19(26-3)20(10-15)27-4/h5,8-10,12,17H,6-7,11H2,1-4H3. The SMILES string of the molecule is COc1ccc(-c2nc(COC(=O)c3cc(C)n(C4CC4)c3C)cs2)cc1OC. The molecule has 1 aliphatic rings. The van der Waals surface area contributed by atoms with Crippen LogP contribution in [0.4, 0.5) is 0 Å². The minimum absolute atomic E-state index is 0.149. The van der Waals surface area contributed by atoms with Crippen LogP contribution < -0.4 is 9.47 Å². The molecule has 2 aromatic heterocycles. The van der Waals surface area contributed by atoms with Crippen molar-refractivity contribution in [3.8, 4) is 22.1 Å². The zero-order valence-corrected chi connectivity index (χ0v) is 17.8. The van der Waals surface area contributed by atoms with Crippen LogP contribution in [-0.4, -0.2) is 29.7 Å². The van der Waals surface area contributed by atoms with E-state index in [9.17, 15) is 4.79 Å². The molecule has 7 heteroatoms. The molecule has 0 saturated heterocycles. The molecule has 6 nitrogen and oxygen atoms in total. The van der Waals surface area contributed by atoms with Crippen LogP contribution in [0.3, 0.4) is 0 Å². The molecule has 0 unspecified atom stereocenters. The van der Waals surface area contributed by atoms with Gasteiger partial charge in [-0.1, -0.05) is 0 Å². The molecule has 1 aromatic carbocycles. The van der Waals surface area contributed by atoms with Gasteiger partial charge in [-0.25, -0.2) is 9.78 Å². The summed E-state index contributed by atoms with van der Waals surface area (Å²) in [6, 6.07) is 8.14. The average molecular weight is 413 g/mol. The number of carbonyl (C=O) groups excluding carboxylic acids is 1. The smallest absolute Gasteiger partial charge is 0.340 e. The van der Waals surface area contributed by atoms with Crippen LogP contribution in [0.25, 0.3) is 10.6 Å². The number of nitrogens with zero attached hydrogens (tertiary/aromatic N) is 2. The molecule has 4 rings (SSSR count). The summed E-state index contributed by atoms with van der Waals surface area (Å²) in [4.78, 5) is 17.2. The molecule has 2 heterocycles. The maximum absolute atomic E-state index is 12.6. The van der Waals surface area contributed by atoms with E-state index in [2.05, 4.69) is 9.55 Å². The minimum Gasteiger partial charge on any atom is -0.493 e. The number of ether oxygens (including phenoxy) is 3. The second-order valence-electron chi connectivity index (χ2n) is 7.18. The van der Waals surface area contributed by atoms with E-state index in [4.69, 9.17) is 14.2 Å². The monoisotopic (exact) mass is 412 g/mol. The fraction of sp³-hybridized carbons (Fsp3) is 0.364. The van der Waals surface area contributed by atoms with E-state index in [1.807, 2.05) is 43.5 Å². The molecular weight excluding hydrogens is 388 g/mol. The van der Waals surface area contributed by atoms with Crippen LogP contribution in [0.15, 0.2) is 29.6 Å². The van der Waals surface area contributed by atoms with Gasteiger partial charge >= 0.3 is 5.97 Å². The van der Waals surface area contributed by atoms with Gasteiger partial charge in [-0.05, 0) is 51.0 Å². The van der Waals surface area contributed by atoms with Crippen molar-refractivity contribution in [1.82, 2.24) is 9.55 Å². The lowest BCUT2D eigenvalue weighted by atomic mass is 10.2. The van der Waals surface area contributed by atoms with Gasteiger partial charge in [0, 0.05) is 28.4 Å². The van der Waals surface area contributed by atoms with Crippen LogP contribution in [0.2, 0.25) is 0 Å². The Hall–Kier alpha value is -2.80. The van der Waals surface area contributed by atoms with Gasteiger partial charge in [0.25, 0.3) is 0 Å². The summed E-state index contributed by atoms with van der Waals surface area (Å²) in [5.41, 5.74) is 4.40. The lowest BCUT2D eigenvalue weighted by molar-refractivity contribution is 0.0467. The Kier molecular flexibility index (Phi) is 5.32. The van der Waals surface area contributed by atoms with Gasteiger partial charge in [-0.3, -0.25) is 0 Å². The normalized spacial score (nSPS) is 13.4. The van der Waals surface area contributed by atoms with Crippen LogP contribution in [0.5, 0.6) is 11.5 Å². The Balaban J connectivity index is 1.45. The third-order valence-electron chi connectivity index (χ3n) is 5.15. The lowest BCUT2D eigenvalue weighted by Crippen LogP contribution is -2.07. The summed E-state index contributed by atoms with van der Waals surface area (Å²) in [5, 5.41) is 2.75. The van der Waals surface area contributed by atoms with Gasteiger partial charge < -0.3 is 18.8 Å². The van der Waals surface area contributed by atoms with Gasteiger partial charge in [0.2, 0.25) is 0 Å². The highest BCUT2D eigenvalue weighted by Crippen LogP contribution is 2.38. The first-order valence-electron chi connectivity index (χ1n) is 9.54. The van der Waals surface area contributed by atoms with Crippen LogP contribution >= 0.6 is 11.3 Å². The number of benzene rings is 1. The lowest BCUT2D eigenvalue weighted by Gasteiger charge is -2.08. The number of carbonyl (C=O) groups is 1. The molecule has 0 amide bonds. The van der Waals surface area contributed by atoms with Gasteiger partial charge in [0.05, 0.1) is 25.5 Å². The fourth-order valence-electron chi connectivity index (χ4n) is 3.57. The molecule has 3 aromatic rings. The quantitative estimate of drug-likeness (QED) is 0.515. The fourth-order valence-corrected chi connectivity index (χ4v) is 4.37. The van der Waals surface area contributed by atoms with E-state index in [-0.39, 0.29) is 12.6 Å². The van der Waals surface area contributed by atoms with Gasteiger partial charge in [-0.2, -0.15) is 0 Å². The zero-order valence-electron chi connectivity index (χ0n) is 17.0. The highest BCUT2D eigenvalue weighted by molar-refractivity contribution is 7.13. The van der Waals surface area contributed by atoms with E-state index < -0.39 is 0 Å². The molecule has 0 atom stereocenters. The predicted molar refractivity (Wildman–Crippen MR) is 112 cm³/mol. The number of aromatic nitrogens is 2. The van der Waals surface area contributed by atoms with Crippen LogP contribution in [0.1, 0.15) is 46.3 Å². The maximum atomic E-state index is 12.6. The van der Waals surface area contributed by atoms with Crippen molar-refractivity contribution in [2.75, 3.05) is 14.2 Å². The molecule has 0 spiro atoms. The third-order valence-corrected chi connectivity index (χ3v) is 6.09. The topological polar surface area (TPSA) is 62.6 Å². The molecule has 0 aliphatic heterocycles. The highest BCUT2D eigenvalue weighted by Gasteiger charge is 2.28. The van der Waals surface area contributed by atoms with Crippen molar-refractivity contribution < 1.29 is 19.0 Å². The number of hydrogen-bond donors (Lipinski definition) is 0. The average Bonchev–Trinajstić information content (AvgIpc) is 3.36. The summed E-state index contributed by atoms with van der Waals surface area (Å²) in [6.07, 6.45) is 2.37. The van der Waals surface area contributed by atoms with E-state index in [0.717, 1.165) is 27.7 Å². The van der Waals surface area contributed by atoms with E-state index in [1.165, 1.54) is 24.2 Å². The summed E-state index contributed by atoms with van der Waals surface area (Å²) >= 11 is 1.50. The van der Waals surface area contributed by atoms with Gasteiger partial charge in [-0.15, -0.1) is 11.3 Å². The molecule has 1 saturated carbocycles. The first kappa shape index (κ1) is 19.5. The van der Waals surface area contributed by atoms with Crippen molar-refractivity contribution in [2.24, 2.45) is 0 Å². The molecule has 29 heavy (non-hydrogen) atoms. The number of hydrogen-bond acceptors (Lipinski definition) is 6. The molecule has 0 bridgehead atoms. The molecule has 1 fully saturated rings. The Bertz CT molecular complexity index is 1050. The largest absolute Gasteiger partial charge is 0.493 e. The van der Waals surface area contributed by atoms with Crippen LogP contribution in [-0.2, 0) is 11.3 Å². The molecular formula is C22H24N2O4S. The summed E-state index contributed by atoms with van der Waals surface area (Å²) in [7, 11) is 3.21. The van der Waals surface area contributed by atoms with E-state index in [1.54, 1.807) is 14.2 Å². The van der Waals surface area contributed by atoms with Crippen molar-refractivity contribution in [3.63, 3.8) is 0 Å². The number of rotatable bonds is 7. The van der Waals surface area contributed by atoms with Crippen molar-refractivity contribution in [3.05, 3.63) is 52.3 Å². The Morgan fingerprint density at radius 2 is 1.93 bits per heavy atom. The number of thiazole rings is 1. The molecule has 1 aliphatic carbocycles. The minimum atomic E-state index is -0.300. The van der Waals surface area contributed by atoms with Gasteiger partial charge in [0.1, 0.15) is 11.6 Å². The predicted octanol–water partition coefficient (Wildman–Crippen LogP) is 4.94. The van der Waals surface area contributed by atoms with Crippen molar-refractivity contribution in [2.45, 2.75) is 39.3 Å². The van der Waals surface area contributed by atoms with Crippen LogP contribution in [0, 0.1) is 13.8 Å². The number of esters is 1. The molecule has 0 N–H and O–H groups in total. The summed E-state index contributed by atoms with van der Waals surface area (Å²) in [5.74, 6) is 1.02. The van der Waals surface area contributed by atoms with Gasteiger partial charge in [0.15, 0.2) is 11.5 Å². The Labute approximate surface area is 174 Å². The Morgan fingerprint density at radius 1 is 1.17 bits per heavy atom. The highest BCUT2D eigenvalue weighted by atomic mass is 32.1. The first-order valence-corrected chi connectivity index (χ1v) is 10.4. The molecule has 0 radical (unpaired) electrons. The number of aryl methyl sites for hydroxylation is 1. The number of methoxy groups -OCH3 is 2. The first-order chi connectivity index (χ1) is 14.0. The summed E-state index contributed by atoms with van der Waals surface area (Å²) < 4.78 is 18.4. The van der Waals surface area contributed by atoms with Crippen molar-refractivity contribution in [1.29, 1.82) is 0 Å². The second kappa shape index (κ2) is 7.91. The van der Waals surface area contributed by atoms with E-state index in [0.29, 0.717) is 23.1 Å². The second-order valence-corrected chi connectivity index (χ2v) is 8.03. The maximum Gasteiger partial charge on any atom is 0.340 e. The van der Waals surface area contributed by atoms with Crippen molar-refractivity contribution >= 4 is 17.3 Å².